The van der Waals surface area contributed by atoms with E-state index in [0.29, 0.717) is 11.3 Å². The molecule has 1 aliphatic carbocycles. The summed E-state index contributed by atoms with van der Waals surface area (Å²) in [6, 6.07) is -0.0153. The average Bonchev–Trinajstić information content (AvgIpc) is 2.36. The highest BCUT2D eigenvalue weighted by atomic mass is 32.2. The van der Waals surface area contributed by atoms with Crippen LogP contribution >= 0.6 is 23.5 Å². The topological polar surface area (TPSA) is 55.1 Å². The molecular formula is C12H24N2OS2. The maximum absolute atomic E-state index is 11.9. The number of amides is 1. The Hall–Kier alpha value is 0.130. The monoisotopic (exact) mass is 276 g/mol. The third kappa shape index (κ3) is 5.10. The van der Waals surface area contributed by atoms with E-state index in [2.05, 4.69) is 11.6 Å². The molecule has 2 unspecified atom stereocenters. The SMILES string of the molecule is CSCC[C@H](N)C(=O)NC1CCCCC1SC. The second-order valence-electron chi connectivity index (χ2n) is 4.56. The first-order valence-electron chi connectivity index (χ1n) is 6.26. The van der Waals surface area contributed by atoms with Crippen molar-refractivity contribution in [2.45, 2.75) is 49.4 Å². The molecule has 0 heterocycles. The van der Waals surface area contributed by atoms with Crippen LogP contribution in [-0.4, -0.2) is 41.5 Å². The van der Waals surface area contributed by atoms with Gasteiger partial charge in [-0.05, 0) is 37.5 Å². The van der Waals surface area contributed by atoms with E-state index >= 15 is 0 Å². The summed E-state index contributed by atoms with van der Waals surface area (Å²) >= 11 is 3.60. The largest absolute Gasteiger partial charge is 0.351 e. The molecule has 0 spiro atoms. The fourth-order valence-corrected chi connectivity index (χ4v) is 3.63. The summed E-state index contributed by atoms with van der Waals surface area (Å²) in [6.45, 7) is 0. The maximum Gasteiger partial charge on any atom is 0.237 e. The van der Waals surface area contributed by atoms with Crippen LogP contribution in [0.15, 0.2) is 0 Å². The molecule has 1 saturated carbocycles. The van der Waals surface area contributed by atoms with E-state index in [1.54, 1.807) is 11.8 Å². The summed E-state index contributed by atoms with van der Waals surface area (Å²) in [4.78, 5) is 11.9. The lowest BCUT2D eigenvalue weighted by atomic mass is 9.94. The molecule has 1 rings (SSSR count). The summed E-state index contributed by atoms with van der Waals surface area (Å²) in [5, 5.41) is 3.70. The van der Waals surface area contributed by atoms with E-state index in [4.69, 9.17) is 5.73 Å². The highest BCUT2D eigenvalue weighted by molar-refractivity contribution is 7.99. The molecule has 0 aromatic heterocycles. The number of hydrogen-bond acceptors (Lipinski definition) is 4. The first-order chi connectivity index (χ1) is 8.19. The molecule has 17 heavy (non-hydrogen) atoms. The lowest BCUT2D eigenvalue weighted by Gasteiger charge is -2.31. The number of rotatable bonds is 6. The number of hydrogen-bond donors (Lipinski definition) is 2. The van der Waals surface area contributed by atoms with Gasteiger partial charge in [0.1, 0.15) is 0 Å². The molecule has 3 N–H and O–H groups in total. The molecule has 1 amide bonds. The highest BCUT2D eigenvalue weighted by Crippen LogP contribution is 2.27. The summed E-state index contributed by atoms with van der Waals surface area (Å²) in [5.41, 5.74) is 5.88. The number of nitrogens with two attached hydrogens (primary N) is 1. The Labute approximate surface area is 113 Å². The molecule has 0 aromatic carbocycles. The molecule has 0 saturated heterocycles. The summed E-state index contributed by atoms with van der Waals surface area (Å²) in [5.74, 6) is 0.982. The van der Waals surface area contributed by atoms with E-state index in [-0.39, 0.29) is 11.9 Å². The molecule has 100 valence electrons. The minimum atomic E-state index is -0.341. The van der Waals surface area contributed by atoms with Crippen LogP contribution in [0.1, 0.15) is 32.1 Å². The molecule has 0 aromatic rings. The molecule has 3 nitrogen and oxygen atoms in total. The van der Waals surface area contributed by atoms with Crippen molar-refractivity contribution in [1.29, 1.82) is 0 Å². The van der Waals surface area contributed by atoms with Crippen molar-refractivity contribution >= 4 is 29.4 Å². The Morgan fingerprint density at radius 1 is 1.41 bits per heavy atom. The normalized spacial score (nSPS) is 26.5. The molecule has 1 fully saturated rings. The third-order valence-corrected chi connectivity index (χ3v) is 5.12. The van der Waals surface area contributed by atoms with Crippen LogP contribution in [0.25, 0.3) is 0 Å². The highest BCUT2D eigenvalue weighted by Gasteiger charge is 2.27. The Morgan fingerprint density at radius 2 is 2.12 bits per heavy atom. The van der Waals surface area contributed by atoms with Crippen molar-refractivity contribution in [3.8, 4) is 0 Å². The van der Waals surface area contributed by atoms with Crippen molar-refractivity contribution < 1.29 is 4.79 Å². The first-order valence-corrected chi connectivity index (χ1v) is 8.95. The number of nitrogens with one attached hydrogen (secondary N) is 1. The van der Waals surface area contributed by atoms with Gasteiger partial charge in [0.05, 0.1) is 6.04 Å². The van der Waals surface area contributed by atoms with Crippen molar-refractivity contribution in [2.24, 2.45) is 5.73 Å². The van der Waals surface area contributed by atoms with Crippen molar-refractivity contribution in [1.82, 2.24) is 5.32 Å². The van der Waals surface area contributed by atoms with E-state index in [1.807, 2.05) is 18.0 Å². The Kier molecular flexibility index (Phi) is 7.39. The maximum atomic E-state index is 11.9. The van der Waals surface area contributed by atoms with Gasteiger partial charge < -0.3 is 11.1 Å². The Balaban J connectivity index is 2.37. The van der Waals surface area contributed by atoms with Crippen molar-refractivity contribution in [3.05, 3.63) is 0 Å². The number of thioether (sulfide) groups is 2. The van der Waals surface area contributed by atoms with E-state index in [9.17, 15) is 4.79 Å². The Bertz CT molecular complexity index is 239. The fraction of sp³-hybridized carbons (Fsp3) is 0.917. The van der Waals surface area contributed by atoms with Crippen molar-refractivity contribution in [2.75, 3.05) is 18.3 Å². The Morgan fingerprint density at radius 3 is 2.76 bits per heavy atom. The lowest BCUT2D eigenvalue weighted by Crippen LogP contribution is -2.50. The summed E-state index contributed by atoms with van der Waals surface area (Å²) in [6.07, 6.45) is 9.76. The summed E-state index contributed by atoms with van der Waals surface area (Å²) in [7, 11) is 0. The second-order valence-corrected chi connectivity index (χ2v) is 6.62. The zero-order valence-electron chi connectivity index (χ0n) is 10.8. The third-order valence-electron chi connectivity index (χ3n) is 3.30. The minimum absolute atomic E-state index is 0.0324. The zero-order chi connectivity index (χ0) is 12.7. The van der Waals surface area contributed by atoms with Gasteiger partial charge in [0.25, 0.3) is 0 Å². The van der Waals surface area contributed by atoms with Gasteiger partial charge in [0.2, 0.25) is 5.91 Å². The first kappa shape index (κ1) is 15.2. The average molecular weight is 276 g/mol. The van der Waals surface area contributed by atoms with Gasteiger partial charge in [-0.15, -0.1) is 0 Å². The fourth-order valence-electron chi connectivity index (χ4n) is 2.21. The summed E-state index contributed by atoms with van der Waals surface area (Å²) < 4.78 is 0. The van der Waals surface area contributed by atoms with Crippen LogP contribution in [0.3, 0.4) is 0 Å². The molecule has 0 radical (unpaired) electrons. The van der Waals surface area contributed by atoms with E-state index in [1.165, 1.54) is 19.3 Å². The minimum Gasteiger partial charge on any atom is -0.351 e. The number of carbonyl (C=O) groups is 1. The van der Waals surface area contributed by atoms with Crippen LogP contribution in [0.4, 0.5) is 0 Å². The van der Waals surface area contributed by atoms with Gasteiger partial charge in [-0.25, -0.2) is 0 Å². The van der Waals surface area contributed by atoms with Crippen LogP contribution < -0.4 is 11.1 Å². The van der Waals surface area contributed by atoms with Crippen LogP contribution in [0.2, 0.25) is 0 Å². The molecular weight excluding hydrogens is 252 g/mol. The van der Waals surface area contributed by atoms with Gasteiger partial charge in [-0.2, -0.15) is 23.5 Å². The molecule has 0 bridgehead atoms. The predicted octanol–water partition coefficient (Wildman–Crippen LogP) is 1.86. The zero-order valence-corrected chi connectivity index (χ0v) is 12.4. The van der Waals surface area contributed by atoms with Crippen LogP contribution in [0, 0.1) is 0 Å². The predicted molar refractivity (Wildman–Crippen MR) is 78.7 cm³/mol. The van der Waals surface area contributed by atoms with Gasteiger partial charge in [-0.1, -0.05) is 12.8 Å². The van der Waals surface area contributed by atoms with Crippen LogP contribution in [0.5, 0.6) is 0 Å². The van der Waals surface area contributed by atoms with Gasteiger partial charge in [-0.3, -0.25) is 4.79 Å². The molecule has 0 aliphatic heterocycles. The standard InChI is InChI=1S/C12H24N2OS2/c1-16-8-7-9(13)12(15)14-10-5-3-4-6-11(10)17-2/h9-11H,3-8,13H2,1-2H3,(H,14,15)/t9-,10?,11?/m0/s1. The van der Waals surface area contributed by atoms with Crippen molar-refractivity contribution in [3.63, 3.8) is 0 Å². The van der Waals surface area contributed by atoms with Crippen LogP contribution in [-0.2, 0) is 4.79 Å². The smallest absolute Gasteiger partial charge is 0.237 e. The molecule has 1 aliphatic rings. The van der Waals surface area contributed by atoms with E-state index in [0.717, 1.165) is 18.6 Å². The molecule has 3 atom stereocenters. The van der Waals surface area contributed by atoms with Gasteiger partial charge in [0.15, 0.2) is 0 Å². The van der Waals surface area contributed by atoms with E-state index < -0.39 is 0 Å². The lowest BCUT2D eigenvalue weighted by molar-refractivity contribution is -0.123. The molecule has 5 heteroatoms. The quantitative estimate of drug-likeness (QED) is 0.777. The number of carbonyl (C=O) groups excluding carboxylic acids is 1. The van der Waals surface area contributed by atoms with Gasteiger partial charge >= 0.3 is 0 Å². The second kappa shape index (κ2) is 8.27. The van der Waals surface area contributed by atoms with Gasteiger partial charge in [0, 0.05) is 11.3 Å².